The number of benzene rings is 4. The van der Waals surface area contributed by atoms with E-state index in [-0.39, 0.29) is 49.4 Å². The molecule has 0 bridgehead atoms. The van der Waals surface area contributed by atoms with Crippen molar-refractivity contribution in [2.24, 2.45) is 0 Å². The molecule has 14 heteroatoms. The number of hydrogen-bond donors (Lipinski definition) is 2. The van der Waals surface area contributed by atoms with Gasteiger partial charge in [0, 0.05) is 12.6 Å². The van der Waals surface area contributed by atoms with E-state index in [2.05, 4.69) is 11.4 Å². The minimum absolute atomic E-state index is 0.0119. The van der Waals surface area contributed by atoms with Crippen LogP contribution in [0.25, 0.3) is 21.9 Å². The largest absolute Gasteiger partial charge is 0.325 e. The first kappa shape index (κ1) is 40.3. The Morgan fingerprint density at radius 2 is 1.56 bits per heavy atom. The molecule has 1 atom stereocenters. The number of carbonyl (C=O) groups excluding carboxylic acids is 5. The fraction of sp³-hybridized carbons (Fsp3) is 0.372. The second-order valence-electron chi connectivity index (χ2n) is 14.4. The average molecular weight is 891 g/mol. The van der Waals surface area contributed by atoms with Crippen LogP contribution in [-0.4, -0.2) is 110 Å². The number of ether oxygens (including phenoxy) is 3. The number of phenolic OH excluding ortho intramolecular Hbond substituents is 1. The van der Waals surface area contributed by atoms with Crippen LogP contribution in [0.5, 0.6) is 5.75 Å². The number of amides is 4. The van der Waals surface area contributed by atoms with Crippen molar-refractivity contribution in [2.75, 3.05) is 67.9 Å². The van der Waals surface area contributed by atoms with Crippen LogP contribution in [-0.2, 0) is 30.3 Å². The Kier molecular flexibility index (Phi) is 12.5. The van der Waals surface area contributed by atoms with Crippen molar-refractivity contribution >= 4 is 67.4 Å². The number of halogens is 1. The number of nitrogens with zero attached hydrogens (tertiary/aromatic N) is 3. The van der Waals surface area contributed by atoms with Crippen molar-refractivity contribution in [3.63, 3.8) is 0 Å². The Bertz CT molecular complexity index is 2210. The first-order valence-electron chi connectivity index (χ1n) is 19.1. The monoisotopic (exact) mass is 890 g/mol. The van der Waals surface area contributed by atoms with Gasteiger partial charge in [-0.3, -0.25) is 4.90 Å². The fourth-order valence-electron chi connectivity index (χ4n) is 7.50. The zero-order valence-corrected chi connectivity index (χ0v) is 34.5. The summed E-state index contributed by atoms with van der Waals surface area (Å²) in [7, 11) is 0. The van der Waals surface area contributed by atoms with E-state index >= 15 is 0 Å². The smallest absolute Gasteiger partial charge is 0.248 e. The number of imide groups is 1. The Hall–Kier alpha value is -4.90. The molecule has 0 aliphatic carbocycles. The molecule has 57 heavy (non-hydrogen) atoms. The number of fused-ring (bicyclic) bond motifs is 3. The molecule has 4 aromatic carbocycles. The number of hydrogen-bond acceptors (Lipinski definition) is 10. The van der Waals surface area contributed by atoms with Gasteiger partial charge < -0.3 is 19.5 Å². The van der Waals surface area contributed by atoms with Crippen LogP contribution in [0.1, 0.15) is 53.0 Å². The summed E-state index contributed by atoms with van der Waals surface area (Å²) in [6.07, 6.45) is 0.408. The zero-order valence-electron chi connectivity index (χ0n) is 32.3. The summed E-state index contributed by atoms with van der Waals surface area (Å²) < 4.78 is 17.0. The van der Waals surface area contributed by atoms with E-state index in [9.17, 15) is 29.1 Å². The molecule has 0 aromatic heterocycles. The van der Waals surface area contributed by atoms with E-state index in [0.717, 1.165) is 38.1 Å². The summed E-state index contributed by atoms with van der Waals surface area (Å²) in [5.74, 6) is -0.821. The minimum atomic E-state index is -2.53. The van der Waals surface area contributed by atoms with Gasteiger partial charge >= 0.3 is 165 Å². The molecule has 0 spiro atoms. The Labute approximate surface area is 338 Å². The van der Waals surface area contributed by atoms with Crippen molar-refractivity contribution in [3.05, 3.63) is 89.5 Å². The maximum Gasteiger partial charge on any atom is 0.325 e. The van der Waals surface area contributed by atoms with Gasteiger partial charge in [-0.2, -0.15) is 0 Å². The quantitative estimate of drug-likeness (QED) is 0.0421. The summed E-state index contributed by atoms with van der Waals surface area (Å²) in [4.78, 5) is 71.6. The van der Waals surface area contributed by atoms with E-state index < -0.39 is 37.7 Å². The van der Waals surface area contributed by atoms with Crippen molar-refractivity contribution in [1.29, 1.82) is 0 Å². The summed E-state index contributed by atoms with van der Waals surface area (Å²) in [5.41, 5.74) is 4.67. The van der Waals surface area contributed by atoms with Gasteiger partial charge in [0.2, 0.25) is 0 Å². The van der Waals surface area contributed by atoms with Crippen molar-refractivity contribution < 1.29 is 43.3 Å². The number of carbonyl (C=O) groups is 5. The third-order valence-electron chi connectivity index (χ3n) is 10.5. The third-order valence-corrected chi connectivity index (χ3v) is 15.1. The molecule has 4 amide bonds. The Morgan fingerprint density at radius 3 is 2.33 bits per heavy atom. The molecule has 1 saturated heterocycles. The van der Waals surface area contributed by atoms with Crippen molar-refractivity contribution in [2.45, 2.75) is 45.3 Å². The van der Waals surface area contributed by atoms with Gasteiger partial charge in [0.25, 0.3) is 0 Å². The van der Waals surface area contributed by atoms with E-state index in [0.29, 0.717) is 65.0 Å². The maximum absolute atomic E-state index is 13.7. The predicted molar refractivity (Wildman–Crippen MR) is 225 cm³/mol. The second-order valence-corrected chi connectivity index (χ2v) is 19.3. The summed E-state index contributed by atoms with van der Waals surface area (Å²) in [6.45, 7) is 7.27. The van der Waals surface area contributed by atoms with Gasteiger partial charge in [-0.05, 0) is 59.5 Å². The fourth-order valence-corrected chi connectivity index (χ4v) is 10.9. The standard InChI is InChI=1S/C43H47IN4O9/c1-27(2)47-26-30-12-11-29(34-25-31(49)23-28-7-4-5-8-32(28)34)24-37(30)46(43(47)54)16-18-56-20-22-57-21-19-55-17-15-45-35-10-6-9-33-39(35)42(53)48(41(33)52)36-13-14-38(50)44(3)40(36)51/h4-12,23-25,27,36,45,49H,13-22,26H2,1-3H3. The van der Waals surface area contributed by atoms with Gasteiger partial charge in [0.1, 0.15) is 5.75 Å². The number of anilines is 2. The molecule has 7 rings (SSSR count). The third kappa shape index (κ3) is 8.40. The van der Waals surface area contributed by atoms with Gasteiger partial charge in [-0.15, -0.1) is 0 Å². The second kappa shape index (κ2) is 17.7. The summed E-state index contributed by atoms with van der Waals surface area (Å²) >= 11 is -2.53. The molecular formula is C43H47IN4O9. The first-order valence-corrected chi connectivity index (χ1v) is 23.4. The number of urea groups is 1. The maximum atomic E-state index is 13.7. The number of nitrogens with one attached hydrogen (secondary N) is 1. The average Bonchev–Trinajstić information content (AvgIpc) is 3.46. The molecule has 4 aromatic rings. The van der Waals surface area contributed by atoms with Gasteiger partial charge in [0.15, 0.2) is 0 Å². The van der Waals surface area contributed by atoms with E-state index in [1.165, 1.54) is 0 Å². The van der Waals surface area contributed by atoms with Gasteiger partial charge in [-0.1, -0.05) is 36.4 Å². The van der Waals surface area contributed by atoms with Crippen LogP contribution >= 0.6 is 19.8 Å². The van der Waals surface area contributed by atoms with Crippen LogP contribution < -0.4 is 10.2 Å². The summed E-state index contributed by atoms with van der Waals surface area (Å²) in [5, 5.41) is 15.6. The van der Waals surface area contributed by atoms with Crippen molar-refractivity contribution in [1.82, 2.24) is 9.80 Å². The predicted octanol–water partition coefficient (Wildman–Crippen LogP) is 6.47. The number of rotatable bonds is 16. The van der Waals surface area contributed by atoms with E-state index in [4.69, 9.17) is 14.2 Å². The van der Waals surface area contributed by atoms with E-state index in [1.807, 2.05) is 55.1 Å². The van der Waals surface area contributed by atoms with Gasteiger partial charge in [0.05, 0.1) is 32.1 Å². The van der Waals surface area contributed by atoms with Crippen LogP contribution in [0.2, 0.25) is 0 Å². The molecule has 0 saturated carbocycles. The SMILES string of the molecule is CC(C)N1Cc2ccc(-c3cc(O)cc4ccccc34)cc2N(CCOCCOCCOCCNc2cccc3c2C(=O)N(C2CCC(=O)I(C)C2=O)C3=O)C1=O. The molecule has 0 radical (unpaired) electrons. The molecule has 2 N–H and O–H groups in total. The molecule has 13 nitrogen and oxygen atoms in total. The molecular weight excluding hydrogens is 843 g/mol. The first-order chi connectivity index (χ1) is 27.5. The number of alkyl halides is 1. The molecule has 3 aliphatic heterocycles. The summed E-state index contributed by atoms with van der Waals surface area (Å²) in [6, 6.07) is 21.6. The Balaban J connectivity index is 0.844. The minimum Gasteiger partial charge on any atom is -0.248 e. The Morgan fingerprint density at radius 1 is 0.825 bits per heavy atom. The van der Waals surface area contributed by atoms with Crippen LogP contribution in [0.3, 0.4) is 0 Å². The van der Waals surface area contributed by atoms with Crippen LogP contribution in [0, 0.1) is 0 Å². The molecule has 3 aliphatic rings. The number of aromatic hydroxyl groups is 1. The van der Waals surface area contributed by atoms with Crippen LogP contribution in [0.4, 0.5) is 16.2 Å². The molecule has 3 heterocycles. The van der Waals surface area contributed by atoms with E-state index in [1.54, 1.807) is 40.2 Å². The molecule has 1 fully saturated rings. The van der Waals surface area contributed by atoms with Gasteiger partial charge in [-0.25, -0.2) is 4.79 Å². The topological polar surface area (TPSA) is 155 Å². The number of phenols is 1. The normalized spacial score (nSPS) is 17.6. The molecule has 1 unspecified atom stereocenters. The zero-order chi connectivity index (χ0) is 40.2. The van der Waals surface area contributed by atoms with Crippen molar-refractivity contribution in [3.8, 4) is 16.9 Å². The van der Waals surface area contributed by atoms with Crippen LogP contribution in [0.15, 0.2) is 72.8 Å². The molecule has 300 valence electrons.